The fourth-order valence-corrected chi connectivity index (χ4v) is 12.4. The van der Waals surface area contributed by atoms with Crippen LogP contribution in [0.25, 0.3) is 0 Å². The van der Waals surface area contributed by atoms with Gasteiger partial charge in [0.05, 0.1) is 26.4 Å². The Labute approximate surface area is 620 Å². The van der Waals surface area contributed by atoms with Gasteiger partial charge in [-0.3, -0.25) is 37.3 Å². The molecule has 0 spiro atoms. The van der Waals surface area contributed by atoms with Crippen molar-refractivity contribution in [2.75, 3.05) is 39.6 Å². The summed E-state index contributed by atoms with van der Waals surface area (Å²) in [4.78, 5) is 73.0. The second-order valence-corrected chi connectivity index (χ2v) is 29.9. The number of aliphatic hydroxyl groups is 1. The predicted molar refractivity (Wildman–Crippen MR) is 418 cm³/mol. The fourth-order valence-electron chi connectivity index (χ4n) is 10.8. The van der Waals surface area contributed by atoms with Gasteiger partial charge in [0, 0.05) is 25.7 Å². The third-order valence-corrected chi connectivity index (χ3v) is 18.9. The van der Waals surface area contributed by atoms with Gasteiger partial charge >= 0.3 is 39.5 Å². The monoisotopic (exact) mass is 1480 g/mol. The van der Waals surface area contributed by atoms with Gasteiger partial charge in [-0.15, -0.1) is 0 Å². The molecule has 0 rings (SSSR count). The highest BCUT2D eigenvalue weighted by molar-refractivity contribution is 7.47. The number of unbranched alkanes of at least 4 members (excludes halogenated alkanes) is 34. The number of carbonyl (C=O) groups excluding carboxylic acids is 4. The Bertz CT molecular complexity index is 2310. The zero-order valence-corrected chi connectivity index (χ0v) is 66.3. The summed E-state index contributed by atoms with van der Waals surface area (Å²) in [5.74, 6) is -2.20. The van der Waals surface area contributed by atoms with Gasteiger partial charge in [0.2, 0.25) is 0 Å². The summed E-state index contributed by atoms with van der Waals surface area (Å²) in [6.45, 7) is 4.69. The zero-order valence-electron chi connectivity index (χ0n) is 64.5. The highest BCUT2D eigenvalue weighted by Gasteiger charge is 2.30. The number of allylic oxidation sites excluding steroid dienone is 16. The lowest BCUT2D eigenvalue weighted by Crippen LogP contribution is -2.30. The van der Waals surface area contributed by atoms with Crippen molar-refractivity contribution in [1.29, 1.82) is 0 Å². The lowest BCUT2D eigenvalue weighted by atomic mass is 10.0. The molecule has 0 aromatic carbocycles. The summed E-state index contributed by atoms with van der Waals surface area (Å²) < 4.78 is 68.6. The SMILES string of the molecule is CC/C=C\C/C=C\C/C=C\C/C=C\CCCCCCC(=O)OCC(COP(=O)(O)OCC(O)COP(=O)(O)OCC(COC(=O)CCCCCCCC/C=C\C/C=C\C/C=C\CCCCC)OC(=O)CCCCCCC/C=C\CCCC)OC(=O)CCCCCCCCCCCCCCCCC. The molecule has 19 heteroatoms. The van der Waals surface area contributed by atoms with Crippen molar-refractivity contribution >= 4 is 39.5 Å². The number of phosphoric ester groups is 2. The lowest BCUT2D eigenvalue weighted by Gasteiger charge is -2.21. The Morgan fingerprint density at radius 3 is 0.843 bits per heavy atom. The van der Waals surface area contributed by atoms with Crippen LogP contribution in [0.5, 0.6) is 0 Å². The molecule has 0 bridgehead atoms. The molecule has 5 unspecified atom stereocenters. The molecule has 3 N–H and O–H groups in total. The Morgan fingerprint density at radius 2 is 0.520 bits per heavy atom. The molecule has 102 heavy (non-hydrogen) atoms. The van der Waals surface area contributed by atoms with E-state index in [9.17, 15) is 43.2 Å². The van der Waals surface area contributed by atoms with Crippen LogP contribution in [0, 0.1) is 0 Å². The summed E-state index contributed by atoms with van der Waals surface area (Å²) in [5.41, 5.74) is 0. The predicted octanol–water partition coefficient (Wildman–Crippen LogP) is 23.6. The van der Waals surface area contributed by atoms with E-state index in [2.05, 4.69) is 125 Å². The maximum Gasteiger partial charge on any atom is 0.472 e. The van der Waals surface area contributed by atoms with E-state index in [0.717, 1.165) is 173 Å². The van der Waals surface area contributed by atoms with Crippen LogP contribution in [-0.2, 0) is 65.4 Å². The van der Waals surface area contributed by atoms with Crippen LogP contribution < -0.4 is 0 Å². The van der Waals surface area contributed by atoms with Crippen molar-refractivity contribution in [3.8, 4) is 0 Å². The lowest BCUT2D eigenvalue weighted by molar-refractivity contribution is -0.161. The van der Waals surface area contributed by atoms with Gasteiger partial charge in [-0.2, -0.15) is 0 Å². The molecule has 0 aromatic rings. The van der Waals surface area contributed by atoms with E-state index >= 15 is 0 Å². The van der Waals surface area contributed by atoms with Crippen LogP contribution in [0.4, 0.5) is 0 Å². The molecule has 0 aliphatic heterocycles. The molecule has 17 nitrogen and oxygen atoms in total. The van der Waals surface area contributed by atoms with Crippen molar-refractivity contribution in [2.24, 2.45) is 0 Å². The standard InChI is InChI=1S/C83H146O17P2/c1-5-9-13-17-21-25-29-32-35-37-38-40-43-45-49-52-56-60-64-68-80(85)93-73-78(99-82(87)69-65-61-57-53-47-28-24-20-16-12-8-4)75-97-101(89,90)95-71-77(84)72-96-102(91,92)98-76-79(100-83(88)70-66-62-58-54-50-46-41-34-31-27-23-19-15-11-7-3)74-94-81(86)67-63-59-55-51-48-44-42-39-36-33-30-26-22-18-14-10-6-2/h10,14,20-22,24-26,32-33,35-36,38,40,42,44,77-79,84H,5-9,11-13,15-19,23,27-31,34,37,39,41,43,45-76H2,1-4H3,(H,89,90)(H,91,92)/b14-10-,24-20-,25-21-,26-22-,35-32-,36-33-,40-38-,44-42-. The summed E-state index contributed by atoms with van der Waals surface area (Å²) in [5, 5.41) is 10.6. The van der Waals surface area contributed by atoms with E-state index in [0.29, 0.717) is 25.7 Å². The van der Waals surface area contributed by atoms with Crippen LogP contribution in [0.1, 0.15) is 349 Å². The number of rotatable bonds is 76. The molecule has 0 heterocycles. The van der Waals surface area contributed by atoms with Gasteiger partial charge in [-0.25, -0.2) is 9.13 Å². The smallest absolute Gasteiger partial charge is 0.462 e. The van der Waals surface area contributed by atoms with E-state index in [-0.39, 0.29) is 25.7 Å². The van der Waals surface area contributed by atoms with Crippen LogP contribution in [-0.4, -0.2) is 96.7 Å². The number of carbonyl (C=O) groups is 4. The second-order valence-electron chi connectivity index (χ2n) is 27.0. The van der Waals surface area contributed by atoms with Gasteiger partial charge in [-0.1, -0.05) is 298 Å². The summed E-state index contributed by atoms with van der Waals surface area (Å²) >= 11 is 0. The Kier molecular flexibility index (Phi) is 72.3. The molecule has 0 fully saturated rings. The van der Waals surface area contributed by atoms with Crippen molar-refractivity contribution in [3.63, 3.8) is 0 Å². The molecule has 0 amide bonds. The minimum absolute atomic E-state index is 0.0818. The number of hydrogen-bond donors (Lipinski definition) is 3. The molecule has 0 radical (unpaired) electrons. The quantitative estimate of drug-likeness (QED) is 0.0169. The van der Waals surface area contributed by atoms with Crippen molar-refractivity contribution in [2.45, 2.75) is 367 Å². The first kappa shape index (κ1) is 98.0. The molecule has 0 aliphatic rings. The van der Waals surface area contributed by atoms with Crippen LogP contribution in [0.15, 0.2) is 97.2 Å². The molecule has 590 valence electrons. The molecule has 5 atom stereocenters. The van der Waals surface area contributed by atoms with Gasteiger partial charge in [0.25, 0.3) is 0 Å². The van der Waals surface area contributed by atoms with Crippen molar-refractivity contribution in [1.82, 2.24) is 0 Å². The normalized spacial score (nSPS) is 14.4. The van der Waals surface area contributed by atoms with E-state index in [1.807, 2.05) is 0 Å². The van der Waals surface area contributed by atoms with Gasteiger partial charge in [0.1, 0.15) is 19.3 Å². The zero-order chi connectivity index (χ0) is 74.6. The highest BCUT2D eigenvalue weighted by Crippen LogP contribution is 2.45. The Morgan fingerprint density at radius 1 is 0.284 bits per heavy atom. The maximum absolute atomic E-state index is 13.1. The first-order valence-electron chi connectivity index (χ1n) is 40.5. The largest absolute Gasteiger partial charge is 0.472 e. The minimum atomic E-state index is -4.98. The van der Waals surface area contributed by atoms with Gasteiger partial charge in [-0.05, 0) is 122 Å². The number of hydrogen-bond acceptors (Lipinski definition) is 15. The molecular formula is C83H146O17P2. The van der Waals surface area contributed by atoms with Crippen LogP contribution in [0.3, 0.4) is 0 Å². The number of aliphatic hydroxyl groups excluding tert-OH is 1. The van der Waals surface area contributed by atoms with Crippen LogP contribution in [0.2, 0.25) is 0 Å². The number of esters is 4. The van der Waals surface area contributed by atoms with E-state index in [4.69, 9.17) is 37.0 Å². The van der Waals surface area contributed by atoms with Crippen LogP contribution >= 0.6 is 15.6 Å². The third kappa shape index (κ3) is 74.3. The molecule has 0 aliphatic carbocycles. The minimum Gasteiger partial charge on any atom is -0.462 e. The molecular weight excluding hydrogens is 1330 g/mol. The van der Waals surface area contributed by atoms with Crippen molar-refractivity contribution < 1.29 is 80.2 Å². The fraction of sp³-hybridized carbons (Fsp3) is 0.759. The third-order valence-electron chi connectivity index (χ3n) is 17.0. The first-order chi connectivity index (χ1) is 49.7. The first-order valence-corrected chi connectivity index (χ1v) is 43.5. The average Bonchev–Trinajstić information content (AvgIpc) is 0.944. The topological polar surface area (TPSA) is 237 Å². The second kappa shape index (κ2) is 75.2. The van der Waals surface area contributed by atoms with Gasteiger partial charge in [0.15, 0.2) is 12.2 Å². The van der Waals surface area contributed by atoms with E-state index < -0.39 is 97.5 Å². The number of phosphoric acid groups is 2. The number of ether oxygens (including phenoxy) is 4. The highest BCUT2D eigenvalue weighted by atomic mass is 31.2. The summed E-state index contributed by atoms with van der Waals surface area (Å²) in [6, 6.07) is 0. The maximum atomic E-state index is 13.1. The Hall–Kier alpha value is -4.02. The molecule has 0 saturated heterocycles. The summed E-state index contributed by atoms with van der Waals surface area (Å²) in [6.07, 6.45) is 79.5. The van der Waals surface area contributed by atoms with Gasteiger partial charge < -0.3 is 33.8 Å². The molecule has 0 aromatic heterocycles. The average molecular weight is 1480 g/mol. The molecule has 0 saturated carbocycles. The Balaban J connectivity index is 5.33. The van der Waals surface area contributed by atoms with E-state index in [1.165, 1.54) is 96.3 Å². The van der Waals surface area contributed by atoms with E-state index in [1.54, 1.807) is 0 Å². The summed E-state index contributed by atoms with van der Waals surface area (Å²) in [7, 11) is -9.96. The van der Waals surface area contributed by atoms with Crippen molar-refractivity contribution in [3.05, 3.63) is 97.2 Å².